The lowest BCUT2D eigenvalue weighted by molar-refractivity contribution is -0.138. The van der Waals surface area contributed by atoms with Crippen LogP contribution in [0.2, 0.25) is 0 Å². The van der Waals surface area contributed by atoms with Gasteiger partial charge in [-0.15, -0.1) is 0 Å². The van der Waals surface area contributed by atoms with E-state index in [1.165, 1.54) is 5.56 Å². The smallest absolute Gasteiger partial charge is 0.239 e. The highest BCUT2D eigenvalue weighted by molar-refractivity contribution is 7.90. The molecule has 1 aliphatic heterocycles. The van der Waals surface area contributed by atoms with Gasteiger partial charge in [0.25, 0.3) is 0 Å². The molecular formula is C18H29N3O3S. The molecule has 2 rings (SSSR count). The number of rotatable bonds is 6. The van der Waals surface area contributed by atoms with Gasteiger partial charge in [0.2, 0.25) is 5.91 Å². The van der Waals surface area contributed by atoms with Crippen LogP contribution in [0.1, 0.15) is 25.8 Å². The summed E-state index contributed by atoms with van der Waals surface area (Å²) in [7, 11) is -3.11. The molecular weight excluding hydrogens is 338 g/mol. The first-order valence-electron chi connectivity index (χ1n) is 8.59. The van der Waals surface area contributed by atoms with Crippen LogP contribution in [0.5, 0.6) is 0 Å². The maximum atomic E-state index is 12.6. The van der Waals surface area contributed by atoms with Gasteiger partial charge in [0.15, 0.2) is 0 Å². The highest BCUT2D eigenvalue weighted by Gasteiger charge is 2.36. The summed E-state index contributed by atoms with van der Waals surface area (Å²) in [5.41, 5.74) is 7.02. The molecule has 0 aromatic heterocycles. The van der Waals surface area contributed by atoms with Crippen LogP contribution in [-0.2, 0) is 21.2 Å². The average Bonchev–Trinajstić information content (AvgIpc) is 2.54. The van der Waals surface area contributed by atoms with Crippen LogP contribution < -0.4 is 5.73 Å². The Kier molecular flexibility index (Phi) is 6.24. The summed E-state index contributed by atoms with van der Waals surface area (Å²) in [6.07, 6.45) is 1.33. The van der Waals surface area contributed by atoms with Gasteiger partial charge < -0.3 is 10.6 Å². The number of carbonyl (C=O) groups is 1. The van der Waals surface area contributed by atoms with E-state index in [4.69, 9.17) is 5.73 Å². The van der Waals surface area contributed by atoms with E-state index in [9.17, 15) is 13.2 Å². The first-order valence-corrected chi connectivity index (χ1v) is 10.7. The Morgan fingerprint density at radius 2 is 1.88 bits per heavy atom. The molecule has 1 unspecified atom stereocenters. The molecule has 0 spiro atoms. The van der Waals surface area contributed by atoms with Gasteiger partial charge in [0.05, 0.1) is 11.8 Å². The summed E-state index contributed by atoms with van der Waals surface area (Å²) < 4.78 is 22.5. The molecule has 0 saturated carbocycles. The molecule has 2 N–H and O–H groups in total. The van der Waals surface area contributed by atoms with E-state index in [1.807, 2.05) is 18.2 Å². The van der Waals surface area contributed by atoms with Crippen molar-refractivity contribution in [3.8, 4) is 0 Å². The van der Waals surface area contributed by atoms with Crippen LogP contribution in [0.15, 0.2) is 30.3 Å². The molecule has 25 heavy (non-hydrogen) atoms. The van der Waals surface area contributed by atoms with E-state index in [-0.39, 0.29) is 23.6 Å². The van der Waals surface area contributed by atoms with Gasteiger partial charge in [-0.1, -0.05) is 30.3 Å². The Hall–Kier alpha value is -1.44. The molecule has 7 heteroatoms. The van der Waals surface area contributed by atoms with Gasteiger partial charge in [-0.2, -0.15) is 0 Å². The van der Waals surface area contributed by atoms with Crippen LogP contribution in [0.25, 0.3) is 0 Å². The lowest BCUT2D eigenvalue weighted by Gasteiger charge is -2.47. The van der Waals surface area contributed by atoms with Crippen LogP contribution in [0.4, 0.5) is 0 Å². The highest BCUT2D eigenvalue weighted by atomic mass is 32.2. The number of benzene rings is 1. The second-order valence-corrected chi connectivity index (χ2v) is 9.76. The van der Waals surface area contributed by atoms with E-state index in [1.54, 1.807) is 4.90 Å². The molecule has 6 nitrogen and oxygen atoms in total. The van der Waals surface area contributed by atoms with Crippen molar-refractivity contribution in [2.24, 2.45) is 5.73 Å². The summed E-state index contributed by atoms with van der Waals surface area (Å²) in [6.45, 7) is 7.06. The van der Waals surface area contributed by atoms with Crippen LogP contribution >= 0.6 is 0 Å². The third kappa shape index (κ3) is 5.80. The van der Waals surface area contributed by atoms with E-state index in [0.717, 1.165) is 19.3 Å². The fourth-order valence-electron chi connectivity index (χ4n) is 3.17. The molecule has 1 atom stereocenters. The SMILES string of the molecule is CC1(C)CN(C(=O)C(N)CCS(C)(=O)=O)CCN1Cc1ccccc1. The largest absolute Gasteiger partial charge is 0.338 e. The number of carbonyl (C=O) groups excluding carboxylic acids is 1. The van der Waals surface area contributed by atoms with Gasteiger partial charge in [-0.3, -0.25) is 9.69 Å². The van der Waals surface area contributed by atoms with Crippen molar-refractivity contribution >= 4 is 15.7 Å². The number of piperazine rings is 1. The maximum Gasteiger partial charge on any atom is 0.239 e. The second-order valence-electron chi connectivity index (χ2n) is 7.50. The van der Waals surface area contributed by atoms with Crippen molar-refractivity contribution in [3.05, 3.63) is 35.9 Å². The molecule has 0 radical (unpaired) electrons. The Morgan fingerprint density at radius 3 is 2.44 bits per heavy atom. The van der Waals surface area contributed by atoms with Gasteiger partial charge in [-0.05, 0) is 25.8 Å². The van der Waals surface area contributed by atoms with Crippen molar-refractivity contribution in [1.82, 2.24) is 9.80 Å². The van der Waals surface area contributed by atoms with Gasteiger partial charge in [0, 0.05) is 38.0 Å². The second kappa shape index (κ2) is 7.85. The fraction of sp³-hybridized carbons (Fsp3) is 0.611. The lowest BCUT2D eigenvalue weighted by atomic mass is 9.97. The summed E-state index contributed by atoms with van der Waals surface area (Å²) in [5.74, 6) is -0.215. The Labute approximate surface area is 150 Å². The number of sulfone groups is 1. The lowest BCUT2D eigenvalue weighted by Crippen LogP contribution is -2.62. The first kappa shape index (κ1) is 19.9. The fourth-order valence-corrected chi connectivity index (χ4v) is 3.86. The molecule has 1 aliphatic rings. The van der Waals surface area contributed by atoms with E-state index < -0.39 is 15.9 Å². The molecule has 1 heterocycles. The zero-order valence-electron chi connectivity index (χ0n) is 15.3. The third-order valence-electron chi connectivity index (χ3n) is 4.72. The Balaban J connectivity index is 1.95. The molecule has 0 aliphatic carbocycles. The standard InChI is InChI=1S/C18H29N3O3S/c1-18(2)14-20(17(22)16(19)9-12-25(3,23)24)10-11-21(18)13-15-7-5-4-6-8-15/h4-8,16H,9-14,19H2,1-3H3. The summed E-state index contributed by atoms with van der Waals surface area (Å²) in [5, 5.41) is 0. The van der Waals surface area contributed by atoms with Crippen molar-refractivity contribution in [1.29, 1.82) is 0 Å². The minimum absolute atomic E-state index is 0.0583. The minimum Gasteiger partial charge on any atom is -0.338 e. The maximum absolute atomic E-state index is 12.6. The van der Waals surface area contributed by atoms with Crippen LogP contribution in [0.3, 0.4) is 0 Å². The van der Waals surface area contributed by atoms with E-state index in [2.05, 4.69) is 30.9 Å². The monoisotopic (exact) mass is 367 g/mol. The molecule has 1 aromatic carbocycles. The number of hydrogen-bond donors (Lipinski definition) is 1. The van der Waals surface area contributed by atoms with Gasteiger partial charge in [0.1, 0.15) is 9.84 Å². The first-order chi connectivity index (χ1) is 11.6. The number of amides is 1. The van der Waals surface area contributed by atoms with Crippen LogP contribution in [-0.4, -0.2) is 67.3 Å². The molecule has 1 saturated heterocycles. The van der Waals surface area contributed by atoms with Gasteiger partial charge in [-0.25, -0.2) is 8.42 Å². The quantitative estimate of drug-likeness (QED) is 0.807. The zero-order chi connectivity index (χ0) is 18.7. The number of nitrogens with zero attached hydrogens (tertiary/aromatic N) is 2. The van der Waals surface area contributed by atoms with Crippen molar-refractivity contribution in [3.63, 3.8) is 0 Å². The highest BCUT2D eigenvalue weighted by Crippen LogP contribution is 2.23. The predicted octanol–water partition coefficient (Wildman–Crippen LogP) is 0.871. The van der Waals surface area contributed by atoms with Crippen molar-refractivity contribution < 1.29 is 13.2 Å². The predicted molar refractivity (Wildman–Crippen MR) is 99.8 cm³/mol. The Morgan fingerprint density at radius 1 is 1.24 bits per heavy atom. The topological polar surface area (TPSA) is 83.7 Å². The number of hydrogen-bond acceptors (Lipinski definition) is 5. The van der Waals surface area contributed by atoms with E-state index >= 15 is 0 Å². The molecule has 1 amide bonds. The van der Waals surface area contributed by atoms with E-state index in [0.29, 0.717) is 13.1 Å². The Bertz CT molecular complexity index is 689. The summed E-state index contributed by atoms with van der Waals surface area (Å²) >= 11 is 0. The molecule has 1 fully saturated rings. The normalized spacial score (nSPS) is 19.6. The molecule has 0 bridgehead atoms. The number of nitrogens with two attached hydrogens (primary N) is 1. The molecule has 140 valence electrons. The summed E-state index contributed by atoms with van der Waals surface area (Å²) in [4.78, 5) is 16.7. The molecule has 1 aromatic rings. The minimum atomic E-state index is -3.11. The third-order valence-corrected chi connectivity index (χ3v) is 5.70. The van der Waals surface area contributed by atoms with Gasteiger partial charge >= 0.3 is 0 Å². The van der Waals surface area contributed by atoms with Crippen molar-refractivity contribution in [2.45, 2.75) is 38.4 Å². The van der Waals surface area contributed by atoms with Crippen LogP contribution in [0, 0.1) is 0 Å². The zero-order valence-corrected chi connectivity index (χ0v) is 16.1. The average molecular weight is 368 g/mol. The summed E-state index contributed by atoms with van der Waals surface area (Å²) in [6, 6.07) is 9.52. The van der Waals surface area contributed by atoms with Crippen molar-refractivity contribution in [2.75, 3.05) is 31.6 Å².